The molecular formula is C18H28N2O6. The van der Waals surface area contributed by atoms with Gasteiger partial charge in [0.05, 0.1) is 24.0 Å². The Morgan fingerprint density at radius 3 is 1.15 bits per heavy atom. The van der Waals surface area contributed by atoms with Crippen molar-refractivity contribution in [1.29, 1.82) is 10.5 Å². The number of aliphatic carboxylic acids is 2. The first-order valence-corrected chi connectivity index (χ1v) is 8.82. The molecule has 0 aliphatic heterocycles. The van der Waals surface area contributed by atoms with Gasteiger partial charge in [-0.1, -0.05) is 0 Å². The van der Waals surface area contributed by atoms with Crippen molar-refractivity contribution in [2.24, 2.45) is 23.7 Å². The normalized spacial score (nSPS) is 27.5. The van der Waals surface area contributed by atoms with Crippen molar-refractivity contribution >= 4 is 11.9 Å². The van der Waals surface area contributed by atoms with Gasteiger partial charge < -0.3 is 20.4 Å². The maximum absolute atomic E-state index is 10.5. The second kappa shape index (κ2) is 13.1. The number of aliphatic hydroxyl groups is 2. The van der Waals surface area contributed by atoms with Crippen LogP contribution >= 0.6 is 0 Å². The Morgan fingerprint density at radius 1 is 0.769 bits per heavy atom. The van der Waals surface area contributed by atoms with Crippen molar-refractivity contribution in [2.75, 3.05) is 0 Å². The monoisotopic (exact) mass is 368 g/mol. The van der Waals surface area contributed by atoms with Crippen molar-refractivity contribution in [3.05, 3.63) is 0 Å². The summed E-state index contributed by atoms with van der Waals surface area (Å²) in [6.45, 7) is 1.28. The summed E-state index contributed by atoms with van der Waals surface area (Å²) in [6, 6.07) is 4.34. The highest BCUT2D eigenvalue weighted by atomic mass is 16.5. The largest absolute Gasteiger partial charge is 0.481 e. The third-order valence-corrected chi connectivity index (χ3v) is 4.52. The molecule has 0 aromatic heterocycles. The van der Waals surface area contributed by atoms with Crippen LogP contribution in [0.1, 0.15) is 58.3 Å². The van der Waals surface area contributed by atoms with Crippen molar-refractivity contribution in [3.8, 4) is 12.1 Å². The highest BCUT2D eigenvalue weighted by molar-refractivity contribution is 5.70. The smallest absolute Gasteiger partial charge is 0.306 e. The summed E-state index contributed by atoms with van der Waals surface area (Å²) in [5.41, 5.74) is 0. The lowest BCUT2D eigenvalue weighted by Crippen LogP contribution is -2.20. The average molecular weight is 368 g/mol. The minimum atomic E-state index is -1.17. The molecule has 2 aliphatic rings. The van der Waals surface area contributed by atoms with Gasteiger partial charge in [0, 0.05) is 11.8 Å². The molecule has 0 amide bonds. The third-order valence-electron chi connectivity index (χ3n) is 4.52. The lowest BCUT2D eigenvalue weighted by molar-refractivity contribution is -0.143. The molecule has 0 aromatic rings. The summed E-state index contributed by atoms with van der Waals surface area (Å²) >= 11 is 0. The number of nitriles is 2. The lowest BCUT2D eigenvalue weighted by Gasteiger charge is -2.20. The standard InChI is InChI=1S/2C8H11NO2.C2H6O2/c2*9-5-6-1-3-7(4-2-6)8(10)11;1-2(3)4/h2*6-7H,1-4H2,(H,10,11);2-4H,1H3. The van der Waals surface area contributed by atoms with E-state index < -0.39 is 18.2 Å². The van der Waals surface area contributed by atoms with Gasteiger partial charge in [-0.2, -0.15) is 10.5 Å². The zero-order valence-corrected chi connectivity index (χ0v) is 15.0. The predicted octanol–water partition coefficient (Wildman–Crippen LogP) is 2.12. The fourth-order valence-electron chi connectivity index (χ4n) is 2.94. The number of carbonyl (C=O) groups is 2. The molecule has 8 nitrogen and oxygen atoms in total. The van der Waals surface area contributed by atoms with E-state index in [1.807, 2.05) is 0 Å². The van der Waals surface area contributed by atoms with Crippen LogP contribution < -0.4 is 0 Å². The first kappa shape index (κ1) is 23.8. The van der Waals surface area contributed by atoms with E-state index in [-0.39, 0.29) is 23.7 Å². The summed E-state index contributed by atoms with van der Waals surface area (Å²) in [5.74, 6) is -1.60. The Balaban J connectivity index is 0.000000401. The van der Waals surface area contributed by atoms with E-state index >= 15 is 0 Å². The van der Waals surface area contributed by atoms with Gasteiger partial charge in [-0.25, -0.2) is 0 Å². The molecule has 4 N–H and O–H groups in total. The molecule has 2 fully saturated rings. The number of nitrogens with zero attached hydrogens (tertiary/aromatic N) is 2. The van der Waals surface area contributed by atoms with Crippen LogP contribution in [0.4, 0.5) is 0 Å². The van der Waals surface area contributed by atoms with Crippen LogP contribution in [0.25, 0.3) is 0 Å². The molecule has 0 bridgehead atoms. The van der Waals surface area contributed by atoms with Gasteiger partial charge in [-0.3, -0.25) is 9.59 Å². The summed E-state index contributed by atoms with van der Waals surface area (Å²) < 4.78 is 0. The molecular weight excluding hydrogens is 340 g/mol. The number of carboxylic acids is 2. The molecule has 8 heteroatoms. The summed E-state index contributed by atoms with van der Waals surface area (Å²) in [6.07, 6.45) is 4.56. The second-order valence-corrected chi connectivity index (χ2v) is 6.66. The highest BCUT2D eigenvalue weighted by Crippen LogP contribution is 2.28. The van der Waals surface area contributed by atoms with Crippen LogP contribution in [0.3, 0.4) is 0 Å². The number of hydrogen-bond acceptors (Lipinski definition) is 6. The zero-order chi connectivity index (χ0) is 20.1. The Morgan fingerprint density at radius 2 is 1.00 bits per heavy atom. The quantitative estimate of drug-likeness (QED) is 0.538. The number of hydrogen-bond donors (Lipinski definition) is 4. The van der Waals surface area contributed by atoms with Crippen LogP contribution in [0.2, 0.25) is 0 Å². The van der Waals surface area contributed by atoms with Crippen molar-refractivity contribution < 1.29 is 30.0 Å². The highest BCUT2D eigenvalue weighted by Gasteiger charge is 2.26. The van der Waals surface area contributed by atoms with Crippen LogP contribution in [0.5, 0.6) is 0 Å². The molecule has 0 saturated heterocycles. The fraction of sp³-hybridized carbons (Fsp3) is 0.778. The topological polar surface area (TPSA) is 163 Å². The van der Waals surface area contributed by atoms with Gasteiger partial charge in [0.25, 0.3) is 0 Å². The molecule has 2 rings (SSSR count). The van der Waals surface area contributed by atoms with E-state index in [2.05, 4.69) is 12.1 Å². The molecule has 26 heavy (non-hydrogen) atoms. The summed E-state index contributed by atoms with van der Waals surface area (Å²) in [4.78, 5) is 20.9. The minimum absolute atomic E-state index is 0.102. The number of aliphatic hydroxyl groups excluding tert-OH is 1. The third kappa shape index (κ3) is 10.7. The fourth-order valence-corrected chi connectivity index (χ4v) is 2.94. The zero-order valence-electron chi connectivity index (χ0n) is 15.0. The summed E-state index contributed by atoms with van der Waals surface area (Å²) in [7, 11) is 0. The van der Waals surface area contributed by atoms with Gasteiger partial charge in [0.2, 0.25) is 0 Å². The first-order valence-electron chi connectivity index (χ1n) is 8.82. The van der Waals surface area contributed by atoms with E-state index in [1.165, 1.54) is 6.92 Å². The molecule has 0 radical (unpaired) electrons. The van der Waals surface area contributed by atoms with E-state index in [0.29, 0.717) is 25.7 Å². The first-order chi connectivity index (χ1) is 12.2. The molecule has 0 aromatic carbocycles. The molecule has 2 aliphatic carbocycles. The van der Waals surface area contributed by atoms with E-state index in [0.717, 1.165) is 25.7 Å². The van der Waals surface area contributed by atoms with Crippen LogP contribution in [-0.2, 0) is 9.59 Å². The molecule has 0 unspecified atom stereocenters. The Hall–Kier alpha value is -2.16. The van der Waals surface area contributed by atoms with Crippen LogP contribution in [-0.4, -0.2) is 38.7 Å². The average Bonchev–Trinajstić information content (AvgIpc) is 2.61. The molecule has 0 atom stereocenters. The van der Waals surface area contributed by atoms with Gasteiger partial charge in [0.1, 0.15) is 6.29 Å². The summed E-state index contributed by atoms with van der Waals surface area (Å²) in [5, 5.41) is 49.5. The second-order valence-electron chi connectivity index (χ2n) is 6.66. The lowest BCUT2D eigenvalue weighted by atomic mass is 9.83. The maximum atomic E-state index is 10.5. The Bertz CT molecular complexity index is 460. The Labute approximate surface area is 153 Å². The van der Waals surface area contributed by atoms with E-state index in [1.54, 1.807) is 0 Å². The van der Waals surface area contributed by atoms with Gasteiger partial charge in [-0.15, -0.1) is 0 Å². The van der Waals surface area contributed by atoms with E-state index in [9.17, 15) is 9.59 Å². The van der Waals surface area contributed by atoms with Crippen molar-refractivity contribution in [1.82, 2.24) is 0 Å². The SMILES string of the molecule is CC(O)O.N#CC1CCC(C(=O)O)CC1.N#CC1CCC(C(=O)O)CC1. The Kier molecular flexibility index (Phi) is 12.0. The van der Waals surface area contributed by atoms with Crippen LogP contribution in [0, 0.1) is 46.3 Å². The van der Waals surface area contributed by atoms with Gasteiger partial charge in [0.15, 0.2) is 0 Å². The predicted molar refractivity (Wildman–Crippen MR) is 91.3 cm³/mol. The maximum Gasteiger partial charge on any atom is 0.306 e. The van der Waals surface area contributed by atoms with Gasteiger partial charge in [-0.05, 0) is 58.3 Å². The van der Waals surface area contributed by atoms with Crippen molar-refractivity contribution in [2.45, 2.75) is 64.6 Å². The number of rotatable bonds is 2. The number of carboxylic acid groups (broad SMARTS) is 2. The van der Waals surface area contributed by atoms with E-state index in [4.69, 9.17) is 30.9 Å². The molecule has 146 valence electrons. The van der Waals surface area contributed by atoms with Gasteiger partial charge >= 0.3 is 11.9 Å². The van der Waals surface area contributed by atoms with Crippen LogP contribution in [0.15, 0.2) is 0 Å². The molecule has 0 heterocycles. The molecule has 0 spiro atoms. The van der Waals surface area contributed by atoms with Crippen molar-refractivity contribution in [3.63, 3.8) is 0 Å². The molecule has 2 saturated carbocycles. The minimum Gasteiger partial charge on any atom is -0.481 e.